The number of hydrogen-bond donors (Lipinski definition) is 0. The standard InChI is InChI=1S/C18H31NO2/c1-13(12-18(2,3)4)11-17(21)19-10-6-8-15(19)14-7-5-9-16(14)20/h13-15H,5-12H2,1-4H3. The van der Waals surface area contributed by atoms with Crippen molar-refractivity contribution in [3.63, 3.8) is 0 Å². The summed E-state index contributed by atoms with van der Waals surface area (Å²) in [5, 5.41) is 0. The monoisotopic (exact) mass is 293 g/mol. The van der Waals surface area contributed by atoms with E-state index in [4.69, 9.17) is 0 Å². The van der Waals surface area contributed by atoms with E-state index in [-0.39, 0.29) is 23.3 Å². The molecule has 2 rings (SSSR count). The van der Waals surface area contributed by atoms with Crippen molar-refractivity contribution in [3.8, 4) is 0 Å². The summed E-state index contributed by atoms with van der Waals surface area (Å²) in [5.41, 5.74) is 0.269. The molecule has 0 aromatic heterocycles. The van der Waals surface area contributed by atoms with E-state index in [1.807, 2.05) is 4.90 Å². The largest absolute Gasteiger partial charge is 0.339 e. The van der Waals surface area contributed by atoms with E-state index in [9.17, 15) is 9.59 Å². The van der Waals surface area contributed by atoms with Gasteiger partial charge in [0.1, 0.15) is 5.78 Å². The minimum absolute atomic E-state index is 0.134. The van der Waals surface area contributed by atoms with Gasteiger partial charge in [0, 0.05) is 31.3 Å². The molecule has 1 saturated heterocycles. The summed E-state index contributed by atoms with van der Waals surface area (Å²) in [6.45, 7) is 9.71. The maximum Gasteiger partial charge on any atom is 0.223 e. The first kappa shape index (κ1) is 16.5. The fourth-order valence-electron chi connectivity index (χ4n) is 4.30. The van der Waals surface area contributed by atoms with Crippen LogP contribution in [0.5, 0.6) is 0 Å². The maximum atomic E-state index is 12.6. The van der Waals surface area contributed by atoms with Crippen molar-refractivity contribution in [3.05, 3.63) is 0 Å². The molecule has 2 aliphatic rings. The van der Waals surface area contributed by atoms with Crippen LogP contribution < -0.4 is 0 Å². The lowest BCUT2D eigenvalue weighted by molar-refractivity contribution is -0.135. The van der Waals surface area contributed by atoms with E-state index in [2.05, 4.69) is 27.7 Å². The lowest BCUT2D eigenvalue weighted by atomic mass is 9.84. The number of carbonyl (C=O) groups excluding carboxylic acids is 2. The predicted octanol–water partition coefficient (Wildman–Crippen LogP) is 3.81. The zero-order valence-corrected chi connectivity index (χ0v) is 14.2. The van der Waals surface area contributed by atoms with Gasteiger partial charge in [0.2, 0.25) is 5.91 Å². The molecule has 1 aliphatic heterocycles. The third-order valence-corrected chi connectivity index (χ3v) is 4.92. The number of Topliss-reactive ketones (excluding diaryl/α,β-unsaturated/α-hetero) is 1. The van der Waals surface area contributed by atoms with Crippen molar-refractivity contribution in [2.24, 2.45) is 17.3 Å². The van der Waals surface area contributed by atoms with Crippen molar-refractivity contribution in [2.45, 2.75) is 78.7 Å². The Kier molecular flexibility index (Phi) is 5.11. The molecule has 3 atom stereocenters. The van der Waals surface area contributed by atoms with Crippen molar-refractivity contribution in [2.75, 3.05) is 6.54 Å². The molecule has 0 spiro atoms. The van der Waals surface area contributed by atoms with Gasteiger partial charge < -0.3 is 4.90 Å². The summed E-state index contributed by atoms with van der Waals surface area (Å²) < 4.78 is 0. The molecule has 1 amide bonds. The number of rotatable bonds is 4. The van der Waals surface area contributed by atoms with Crippen LogP contribution in [0.15, 0.2) is 0 Å². The Morgan fingerprint density at radius 3 is 2.57 bits per heavy atom. The molecule has 3 nitrogen and oxygen atoms in total. The van der Waals surface area contributed by atoms with Crippen LogP contribution >= 0.6 is 0 Å². The van der Waals surface area contributed by atoms with Gasteiger partial charge in [-0.2, -0.15) is 0 Å². The third kappa shape index (κ3) is 4.31. The topological polar surface area (TPSA) is 37.4 Å². The second kappa shape index (κ2) is 6.50. The molecular formula is C18H31NO2. The molecule has 21 heavy (non-hydrogen) atoms. The van der Waals surface area contributed by atoms with Gasteiger partial charge in [0.25, 0.3) is 0 Å². The average molecular weight is 293 g/mol. The number of likely N-dealkylation sites (tertiary alicyclic amines) is 1. The van der Waals surface area contributed by atoms with Gasteiger partial charge >= 0.3 is 0 Å². The number of carbonyl (C=O) groups is 2. The molecule has 1 saturated carbocycles. The van der Waals surface area contributed by atoms with Crippen molar-refractivity contribution >= 4 is 11.7 Å². The first-order chi connectivity index (χ1) is 9.78. The summed E-state index contributed by atoms with van der Waals surface area (Å²) in [4.78, 5) is 26.7. The lowest BCUT2D eigenvalue weighted by Crippen LogP contribution is -2.42. The molecule has 3 heteroatoms. The van der Waals surface area contributed by atoms with Crippen molar-refractivity contribution in [1.82, 2.24) is 4.90 Å². The SMILES string of the molecule is CC(CC(=O)N1CCCC1C1CCCC1=O)CC(C)(C)C. The van der Waals surface area contributed by atoms with Crippen molar-refractivity contribution in [1.29, 1.82) is 0 Å². The Balaban J connectivity index is 1.93. The Morgan fingerprint density at radius 2 is 2.00 bits per heavy atom. The van der Waals surface area contributed by atoms with E-state index in [0.717, 1.165) is 45.1 Å². The number of nitrogens with zero attached hydrogens (tertiary/aromatic N) is 1. The van der Waals surface area contributed by atoms with Crippen LogP contribution in [-0.4, -0.2) is 29.2 Å². The summed E-state index contributed by atoms with van der Waals surface area (Å²) in [6.07, 6.45) is 6.52. The maximum absolute atomic E-state index is 12.6. The van der Waals surface area contributed by atoms with Crippen LogP contribution in [0.3, 0.4) is 0 Å². The van der Waals surface area contributed by atoms with E-state index in [1.165, 1.54) is 0 Å². The summed E-state index contributed by atoms with van der Waals surface area (Å²) in [5.74, 6) is 1.21. The molecular weight excluding hydrogens is 262 g/mol. The summed E-state index contributed by atoms with van der Waals surface area (Å²) in [6, 6.07) is 0.203. The first-order valence-electron chi connectivity index (χ1n) is 8.60. The zero-order valence-electron chi connectivity index (χ0n) is 14.2. The van der Waals surface area contributed by atoms with Gasteiger partial charge in [0.05, 0.1) is 0 Å². The third-order valence-electron chi connectivity index (χ3n) is 4.92. The Bertz CT molecular complexity index is 397. The smallest absolute Gasteiger partial charge is 0.223 e. The number of amides is 1. The Morgan fingerprint density at radius 1 is 1.29 bits per heavy atom. The second-order valence-corrected chi connectivity index (χ2v) is 8.34. The predicted molar refractivity (Wildman–Crippen MR) is 84.9 cm³/mol. The average Bonchev–Trinajstić information content (AvgIpc) is 2.93. The fourth-order valence-corrected chi connectivity index (χ4v) is 4.30. The highest BCUT2D eigenvalue weighted by molar-refractivity contribution is 5.85. The summed E-state index contributed by atoms with van der Waals surface area (Å²) in [7, 11) is 0. The van der Waals surface area contributed by atoms with Crippen LogP contribution in [0.25, 0.3) is 0 Å². The molecule has 0 bridgehead atoms. The van der Waals surface area contributed by atoms with E-state index in [0.29, 0.717) is 18.1 Å². The van der Waals surface area contributed by atoms with E-state index >= 15 is 0 Å². The van der Waals surface area contributed by atoms with Crippen LogP contribution in [0.2, 0.25) is 0 Å². The van der Waals surface area contributed by atoms with Gasteiger partial charge in [-0.25, -0.2) is 0 Å². The van der Waals surface area contributed by atoms with Gasteiger partial charge in [0.15, 0.2) is 0 Å². The lowest BCUT2D eigenvalue weighted by Gasteiger charge is -2.30. The minimum atomic E-state index is 0.134. The Labute approximate surface area is 129 Å². The quantitative estimate of drug-likeness (QED) is 0.790. The van der Waals surface area contributed by atoms with Crippen molar-refractivity contribution < 1.29 is 9.59 Å². The van der Waals surface area contributed by atoms with Gasteiger partial charge in [-0.05, 0) is 43.4 Å². The van der Waals surface area contributed by atoms with Crippen LogP contribution in [0, 0.1) is 17.3 Å². The second-order valence-electron chi connectivity index (χ2n) is 8.34. The first-order valence-corrected chi connectivity index (χ1v) is 8.60. The van der Waals surface area contributed by atoms with Gasteiger partial charge in [-0.3, -0.25) is 9.59 Å². The van der Waals surface area contributed by atoms with Crippen LogP contribution in [0.4, 0.5) is 0 Å². The van der Waals surface area contributed by atoms with E-state index < -0.39 is 0 Å². The van der Waals surface area contributed by atoms with E-state index in [1.54, 1.807) is 0 Å². The normalized spacial score (nSPS) is 28.2. The number of ketones is 1. The Hall–Kier alpha value is -0.860. The molecule has 0 N–H and O–H groups in total. The molecule has 0 aromatic carbocycles. The van der Waals surface area contributed by atoms with Gasteiger partial charge in [-0.1, -0.05) is 27.7 Å². The number of hydrogen-bond acceptors (Lipinski definition) is 2. The highest BCUT2D eigenvalue weighted by Crippen LogP contribution is 2.34. The highest BCUT2D eigenvalue weighted by Gasteiger charge is 2.40. The molecule has 0 aromatic rings. The molecule has 2 fully saturated rings. The molecule has 1 aliphatic carbocycles. The van der Waals surface area contributed by atoms with Crippen LogP contribution in [-0.2, 0) is 9.59 Å². The zero-order chi connectivity index (χ0) is 15.6. The molecule has 0 radical (unpaired) electrons. The fraction of sp³-hybridized carbons (Fsp3) is 0.889. The highest BCUT2D eigenvalue weighted by atomic mass is 16.2. The molecule has 3 unspecified atom stereocenters. The minimum Gasteiger partial charge on any atom is -0.339 e. The molecule has 1 heterocycles. The molecule has 120 valence electrons. The van der Waals surface area contributed by atoms with Crippen LogP contribution in [0.1, 0.15) is 72.6 Å². The van der Waals surface area contributed by atoms with Gasteiger partial charge in [-0.15, -0.1) is 0 Å². The summed E-state index contributed by atoms with van der Waals surface area (Å²) >= 11 is 0.